The summed E-state index contributed by atoms with van der Waals surface area (Å²) in [6.07, 6.45) is 1.87. The minimum absolute atomic E-state index is 0.0270. The fraction of sp³-hybridized carbons (Fsp3) is 0.857. The van der Waals surface area contributed by atoms with Gasteiger partial charge in [-0.05, 0) is 43.9 Å². The summed E-state index contributed by atoms with van der Waals surface area (Å²) < 4.78 is 4.85. The number of esters is 1. The third-order valence-corrected chi connectivity index (χ3v) is 4.88. The molecule has 1 N–H and O–H groups in total. The standard InChI is InChI=1S/C14H23NO3/c1-5-18-12(16)8-15-11-7-9-6-10(13(9,2)3)14(11,4)17/h9-10,17H,5-8H2,1-4H3/t9?,10-,14-/m0/s1. The topological polar surface area (TPSA) is 58.9 Å². The maximum atomic E-state index is 11.3. The minimum Gasteiger partial charge on any atom is -0.465 e. The molecule has 3 aliphatic rings. The molecule has 0 aromatic rings. The van der Waals surface area contributed by atoms with Gasteiger partial charge in [0.15, 0.2) is 0 Å². The maximum Gasteiger partial charge on any atom is 0.327 e. The molecule has 18 heavy (non-hydrogen) atoms. The van der Waals surface area contributed by atoms with Crippen LogP contribution < -0.4 is 0 Å². The third-order valence-electron chi connectivity index (χ3n) is 4.88. The van der Waals surface area contributed by atoms with Crippen molar-refractivity contribution in [3.05, 3.63) is 0 Å². The SMILES string of the molecule is CCOC(=O)CN=C1CC2C[C@@H](C2(C)C)[C@]1(C)O. The van der Waals surface area contributed by atoms with E-state index < -0.39 is 5.60 Å². The largest absolute Gasteiger partial charge is 0.465 e. The minimum atomic E-state index is -0.870. The van der Waals surface area contributed by atoms with E-state index in [1.165, 1.54) is 0 Å². The second kappa shape index (κ2) is 4.34. The van der Waals surface area contributed by atoms with Gasteiger partial charge in [-0.25, -0.2) is 0 Å². The Hall–Kier alpha value is -0.900. The molecule has 0 amide bonds. The number of aliphatic hydroxyl groups is 1. The quantitative estimate of drug-likeness (QED) is 0.780. The van der Waals surface area contributed by atoms with Gasteiger partial charge in [-0.3, -0.25) is 9.79 Å². The Labute approximate surface area is 108 Å². The van der Waals surface area contributed by atoms with Crippen LogP contribution in [0.3, 0.4) is 0 Å². The van der Waals surface area contributed by atoms with Crippen molar-refractivity contribution in [2.24, 2.45) is 22.2 Å². The van der Waals surface area contributed by atoms with Crippen molar-refractivity contribution in [2.75, 3.05) is 13.2 Å². The number of nitrogens with zero attached hydrogens (tertiary/aromatic N) is 1. The van der Waals surface area contributed by atoms with Gasteiger partial charge in [-0.2, -0.15) is 0 Å². The molecule has 0 aromatic heterocycles. The van der Waals surface area contributed by atoms with Crippen molar-refractivity contribution in [1.82, 2.24) is 0 Å². The summed E-state index contributed by atoms with van der Waals surface area (Å²) in [5, 5.41) is 10.6. The molecular formula is C14H23NO3. The van der Waals surface area contributed by atoms with Crippen LogP contribution in [-0.4, -0.2) is 35.5 Å². The van der Waals surface area contributed by atoms with E-state index in [4.69, 9.17) is 4.74 Å². The summed E-state index contributed by atoms with van der Waals surface area (Å²) in [4.78, 5) is 15.6. The van der Waals surface area contributed by atoms with E-state index >= 15 is 0 Å². The lowest BCUT2D eigenvalue weighted by Crippen LogP contribution is -2.64. The lowest BCUT2D eigenvalue weighted by atomic mass is 9.44. The highest BCUT2D eigenvalue weighted by atomic mass is 16.5. The number of carbonyl (C=O) groups excluding carboxylic acids is 1. The van der Waals surface area contributed by atoms with Gasteiger partial charge in [0.05, 0.1) is 6.61 Å². The summed E-state index contributed by atoms with van der Waals surface area (Å²) >= 11 is 0. The molecular weight excluding hydrogens is 230 g/mol. The summed E-state index contributed by atoms with van der Waals surface area (Å²) in [6, 6.07) is 0. The van der Waals surface area contributed by atoms with Gasteiger partial charge in [0.1, 0.15) is 12.1 Å². The average Bonchev–Trinajstić information content (AvgIpc) is 2.26. The first kappa shape index (κ1) is 13.5. The Kier molecular flexibility index (Phi) is 3.26. The molecule has 4 heteroatoms. The first-order valence-electron chi connectivity index (χ1n) is 6.72. The molecule has 0 radical (unpaired) electrons. The number of carbonyl (C=O) groups is 1. The number of hydrogen-bond acceptors (Lipinski definition) is 4. The van der Waals surface area contributed by atoms with E-state index in [1.54, 1.807) is 6.92 Å². The van der Waals surface area contributed by atoms with Crippen LogP contribution in [0.1, 0.15) is 40.5 Å². The molecule has 3 saturated carbocycles. The summed E-state index contributed by atoms with van der Waals surface area (Å²) in [5.74, 6) is 0.521. The third kappa shape index (κ3) is 1.96. The van der Waals surface area contributed by atoms with Gasteiger partial charge < -0.3 is 9.84 Å². The van der Waals surface area contributed by atoms with Crippen LogP contribution >= 0.6 is 0 Å². The number of fused-ring (bicyclic) bond motifs is 2. The smallest absolute Gasteiger partial charge is 0.327 e. The summed E-state index contributed by atoms with van der Waals surface area (Å²) in [5.41, 5.74) is 0.0909. The molecule has 4 nitrogen and oxygen atoms in total. The molecule has 0 heterocycles. The van der Waals surface area contributed by atoms with Crippen molar-refractivity contribution in [1.29, 1.82) is 0 Å². The van der Waals surface area contributed by atoms with E-state index in [9.17, 15) is 9.90 Å². The average molecular weight is 253 g/mol. The maximum absolute atomic E-state index is 11.3. The van der Waals surface area contributed by atoms with Gasteiger partial charge in [-0.1, -0.05) is 13.8 Å². The van der Waals surface area contributed by atoms with Crippen molar-refractivity contribution in [3.8, 4) is 0 Å². The zero-order valence-electron chi connectivity index (χ0n) is 11.7. The Bertz CT molecular complexity index is 385. The monoisotopic (exact) mass is 253 g/mol. The molecule has 3 rings (SSSR count). The molecule has 102 valence electrons. The Morgan fingerprint density at radius 2 is 2.17 bits per heavy atom. The first-order valence-corrected chi connectivity index (χ1v) is 6.72. The summed E-state index contributed by atoms with van der Waals surface area (Å²) in [7, 11) is 0. The second-order valence-corrected chi connectivity index (χ2v) is 6.23. The first-order chi connectivity index (χ1) is 8.30. The molecule has 0 aliphatic heterocycles. The fourth-order valence-electron chi connectivity index (χ4n) is 3.55. The highest BCUT2D eigenvalue weighted by Gasteiger charge is 2.61. The molecule has 1 unspecified atom stereocenters. The molecule has 3 aliphatic carbocycles. The normalized spacial score (nSPS) is 39.3. The molecule has 3 atom stereocenters. The van der Waals surface area contributed by atoms with Crippen molar-refractivity contribution < 1.29 is 14.6 Å². The zero-order valence-corrected chi connectivity index (χ0v) is 11.7. The molecule has 0 spiro atoms. The zero-order chi connectivity index (χ0) is 13.6. The van der Waals surface area contributed by atoms with E-state index in [1.807, 2.05) is 6.92 Å². The van der Waals surface area contributed by atoms with Crippen molar-refractivity contribution in [3.63, 3.8) is 0 Å². The van der Waals surface area contributed by atoms with Gasteiger partial charge in [0.2, 0.25) is 0 Å². The molecule has 3 fully saturated rings. The fourth-order valence-corrected chi connectivity index (χ4v) is 3.55. The van der Waals surface area contributed by atoms with E-state index in [0.717, 1.165) is 18.6 Å². The van der Waals surface area contributed by atoms with E-state index in [-0.39, 0.29) is 23.8 Å². The number of ether oxygens (including phenoxy) is 1. The van der Waals surface area contributed by atoms with Crippen molar-refractivity contribution >= 4 is 11.7 Å². The number of aliphatic imine (C=N–C) groups is 1. The van der Waals surface area contributed by atoms with E-state index in [0.29, 0.717) is 12.5 Å². The predicted octanol–water partition coefficient (Wildman–Crippen LogP) is 1.81. The number of rotatable bonds is 3. The highest BCUT2D eigenvalue weighted by Crippen LogP contribution is 2.61. The van der Waals surface area contributed by atoms with Crippen LogP contribution in [0.25, 0.3) is 0 Å². The van der Waals surface area contributed by atoms with Crippen LogP contribution in [0.5, 0.6) is 0 Å². The van der Waals surface area contributed by atoms with Crippen molar-refractivity contribution in [2.45, 2.75) is 46.1 Å². The Morgan fingerprint density at radius 3 is 2.67 bits per heavy atom. The van der Waals surface area contributed by atoms with Gasteiger partial charge >= 0.3 is 5.97 Å². The number of hydrogen-bond donors (Lipinski definition) is 1. The molecule has 0 saturated heterocycles. The lowest BCUT2D eigenvalue weighted by molar-refractivity contribution is -0.141. The van der Waals surface area contributed by atoms with Crippen LogP contribution in [0.2, 0.25) is 0 Å². The van der Waals surface area contributed by atoms with Gasteiger partial charge in [0, 0.05) is 5.71 Å². The van der Waals surface area contributed by atoms with Crippen LogP contribution in [-0.2, 0) is 9.53 Å². The van der Waals surface area contributed by atoms with Gasteiger partial charge in [-0.15, -0.1) is 0 Å². The molecule has 2 bridgehead atoms. The van der Waals surface area contributed by atoms with Crippen LogP contribution in [0.4, 0.5) is 0 Å². The second-order valence-electron chi connectivity index (χ2n) is 6.23. The molecule has 0 aromatic carbocycles. The predicted molar refractivity (Wildman–Crippen MR) is 69.6 cm³/mol. The Balaban J connectivity index is 2.08. The lowest BCUT2D eigenvalue weighted by Gasteiger charge is -2.62. The highest BCUT2D eigenvalue weighted by molar-refractivity contribution is 5.95. The summed E-state index contributed by atoms with van der Waals surface area (Å²) in [6.45, 7) is 8.43. The van der Waals surface area contributed by atoms with Crippen LogP contribution in [0, 0.1) is 17.3 Å². The van der Waals surface area contributed by atoms with Gasteiger partial charge in [0.25, 0.3) is 0 Å². The van der Waals surface area contributed by atoms with Crippen LogP contribution in [0.15, 0.2) is 4.99 Å². The Morgan fingerprint density at radius 1 is 1.50 bits per heavy atom. The van der Waals surface area contributed by atoms with E-state index in [2.05, 4.69) is 18.8 Å².